The van der Waals surface area contributed by atoms with Crippen LogP contribution in [0.3, 0.4) is 0 Å². The number of aliphatic carboxylic acids is 1. The van der Waals surface area contributed by atoms with Crippen LogP contribution >= 0.6 is 0 Å². The van der Waals surface area contributed by atoms with Crippen LogP contribution in [0.2, 0.25) is 0 Å². The molecule has 1 atom stereocenters. The lowest BCUT2D eigenvalue weighted by Gasteiger charge is -2.29. The van der Waals surface area contributed by atoms with Crippen molar-refractivity contribution < 1.29 is 19.5 Å². The zero-order valence-corrected chi connectivity index (χ0v) is 14.4. The molecule has 0 spiro atoms. The molecule has 1 aliphatic rings. The average molecular weight is 347 g/mol. The number of carboxylic acids is 1. The summed E-state index contributed by atoms with van der Waals surface area (Å²) in [5, 5.41) is 17.2. The van der Waals surface area contributed by atoms with Gasteiger partial charge in [0.25, 0.3) is 0 Å². The Morgan fingerprint density at radius 2 is 1.76 bits per heavy atom. The number of nitrogens with one attached hydrogen (secondary N) is 3. The van der Waals surface area contributed by atoms with E-state index < -0.39 is 23.5 Å². The average Bonchev–Trinajstić information content (AvgIpc) is 3.08. The summed E-state index contributed by atoms with van der Waals surface area (Å²) in [6.45, 7) is 1.95. The first kappa shape index (κ1) is 18.8. The Labute approximate surface area is 147 Å². The van der Waals surface area contributed by atoms with Gasteiger partial charge in [0.05, 0.1) is 5.92 Å². The molecule has 1 aromatic rings. The molecular weight excluding hydrogens is 322 g/mol. The van der Waals surface area contributed by atoms with Crippen molar-refractivity contribution in [1.29, 1.82) is 0 Å². The highest BCUT2D eigenvalue weighted by molar-refractivity contribution is 5.91. The van der Waals surface area contributed by atoms with Crippen LogP contribution < -0.4 is 16.0 Å². The van der Waals surface area contributed by atoms with Gasteiger partial charge in [0.15, 0.2) is 0 Å². The first-order valence-corrected chi connectivity index (χ1v) is 8.54. The minimum Gasteiger partial charge on any atom is -0.481 e. The molecule has 0 aromatic heterocycles. The number of carbonyl (C=O) groups is 3. The van der Waals surface area contributed by atoms with Gasteiger partial charge in [-0.15, -0.1) is 0 Å². The molecule has 0 saturated heterocycles. The summed E-state index contributed by atoms with van der Waals surface area (Å²) in [5.41, 5.74) is 0.0109. The molecule has 136 valence electrons. The molecule has 25 heavy (non-hydrogen) atoms. The highest BCUT2D eigenvalue weighted by Crippen LogP contribution is 2.30. The van der Waals surface area contributed by atoms with E-state index in [0.29, 0.717) is 19.4 Å². The molecule has 2 rings (SSSR count). The van der Waals surface area contributed by atoms with Gasteiger partial charge in [0.1, 0.15) is 5.54 Å². The number of rotatable bonds is 7. The molecule has 0 bridgehead atoms. The minimum atomic E-state index is -0.964. The van der Waals surface area contributed by atoms with Crippen LogP contribution in [0, 0.1) is 5.92 Å². The molecule has 1 fully saturated rings. The molecule has 1 unspecified atom stereocenters. The van der Waals surface area contributed by atoms with Crippen molar-refractivity contribution >= 4 is 17.9 Å². The highest BCUT2D eigenvalue weighted by Gasteiger charge is 2.42. The van der Waals surface area contributed by atoms with E-state index in [4.69, 9.17) is 5.11 Å². The molecule has 0 radical (unpaired) electrons. The highest BCUT2D eigenvalue weighted by atomic mass is 16.4. The molecule has 1 aliphatic carbocycles. The van der Waals surface area contributed by atoms with Crippen molar-refractivity contribution in [2.24, 2.45) is 5.92 Å². The molecule has 0 heterocycles. The van der Waals surface area contributed by atoms with Gasteiger partial charge in [-0.25, -0.2) is 4.79 Å². The Morgan fingerprint density at radius 1 is 1.12 bits per heavy atom. The monoisotopic (exact) mass is 347 g/mol. The van der Waals surface area contributed by atoms with E-state index in [2.05, 4.69) is 16.0 Å². The number of carbonyl (C=O) groups excluding carboxylic acids is 2. The van der Waals surface area contributed by atoms with Gasteiger partial charge in [-0.05, 0) is 18.4 Å². The van der Waals surface area contributed by atoms with Crippen LogP contribution in [0.15, 0.2) is 30.3 Å². The topological polar surface area (TPSA) is 108 Å². The standard InChI is InChI=1S/C18H25N3O4/c1-13(15(22)23)11-19-16(24)18(9-5-6-10-18)21-17(25)20-12-14-7-3-2-4-8-14/h2-4,7-8,13H,5-6,9-12H2,1H3,(H,19,24)(H,22,23)(H2,20,21,25). The number of hydrogen-bond donors (Lipinski definition) is 4. The van der Waals surface area contributed by atoms with Crippen LogP contribution in [0.5, 0.6) is 0 Å². The summed E-state index contributed by atoms with van der Waals surface area (Å²) in [6.07, 6.45) is 2.81. The third kappa shape index (κ3) is 5.20. The lowest BCUT2D eigenvalue weighted by atomic mass is 9.96. The molecule has 7 nitrogen and oxygen atoms in total. The van der Waals surface area contributed by atoms with Crippen molar-refractivity contribution in [3.63, 3.8) is 0 Å². The maximum Gasteiger partial charge on any atom is 0.315 e. The Bertz CT molecular complexity index is 612. The van der Waals surface area contributed by atoms with Crippen molar-refractivity contribution in [2.75, 3.05) is 6.54 Å². The van der Waals surface area contributed by atoms with E-state index in [1.54, 1.807) is 0 Å². The first-order valence-electron chi connectivity index (χ1n) is 8.54. The molecule has 0 aliphatic heterocycles. The fraction of sp³-hybridized carbons (Fsp3) is 0.500. The van der Waals surface area contributed by atoms with Crippen LogP contribution in [0.1, 0.15) is 38.2 Å². The van der Waals surface area contributed by atoms with Gasteiger partial charge >= 0.3 is 12.0 Å². The van der Waals surface area contributed by atoms with E-state index in [0.717, 1.165) is 18.4 Å². The lowest BCUT2D eigenvalue weighted by molar-refractivity contribution is -0.141. The fourth-order valence-electron chi connectivity index (χ4n) is 2.93. The van der Waals surface area contributed by atoms with Crippen molar-refractivity contribution in [2.45, 2.75) is 44.7 Å². The van der Waals surface area contributed by atoms with Gasteiger partial charge in [0.2, 0.25) is 5.91 Å². The summed E-state index contributed by atoms with van der Waals surface area (Å²) in [7, 11) is 0. The van der Waals surface area contributed by atoms with Crippen LogP contribution in [0.4, 0.5) is 4.79 Å². The SMILES string of the molecule is CC(CNC(=O)C1(NC(=O)NCc2ccccc2)CCCC1)C(=O)O. The smallest absolute Gasteiger partial charge is 0.315 e. The van der Waals surface area contributed by atoms with Crippen molar-refractivity contribution in [3.05, 3.63) is 35.9 Å². The maximum absolute atomic E-state index is 12.6. The first-order chi connectivity index (χ1) is 11.9. The van der Waals surface area contributed by atoms with E-state index in [9.17, 15) is 14.4 Å². The molecule has 4 N–H and O–H groups in total. The second-order valence-electron chi connectivity index (χ2n) is 6.53. The van der Waals surface area contributed by atoms with Crippen molar-refractivity contribution in [1.82, 2.24) is 16.0 Å². The number of urea groups is 1. The van der Waals surface area contributed by atoms with Gasteiger partial charge in [-0.3, -0.25) is 9.59 Å². The molecule has 1 aromatic carbocycles. The van der Waals surface area contributed by atoms with E-state index >= 15 is 0 Å². The summed E-state index contributed by atoms with van der Waals surface area (Å²) in [4.78, 5) is 35.7. The second kappa shape index (κ2) is 8.50. The zero-order valence-electron chi connectivity index (χ0n) is 14.4. The predicted octanol–water partition coefficient (Wildman–Crippen LogP) is 1.64. The third-order valence-electron chi connectivity index (χ3n) is 4.53. The van der Waals surface area contributed by atoms with E-state index in [1.165, 1.54) is 6.92 Å². The normalized spacial score (nSPS) is 16.7. The van der Waals surface area contributed by atoms with Crippen LogP contribution in [-0.4, -0.2) is 35.1 Å². The zero-order chi connectivity index (χ0) is 18.3. The minimum absolute atomic E-state index is 0.0449. The second-order valence-corrected chi connectivity index (χ2v) is 6.53. The van der Waals surface area contributed by atoms with Gasteiger partial charge < -0.3 is 21.1 Å². The van der Waals surface area contributed by atoms with Gasteiger partial charge in [-0.2, -0.15) is 0 Å². The number of benzene rings is 1. The fourth-order valence-corrected chi connectivity index (χ4v) is 2.93. The summed E-state index contributed by atoms with van der Waals surface area (Å²) in [6, 6.07) is 9.11. The largest absolute Gasteiger partial charge is 0.481 e. The Morgan fingerprint density at radius 3 is 2.36 bits per heavy atom. The van der Waals surface area contributed by atoms with Crippen molar-refractivity contribution in [3.8, 4) is 0 Å². The summed E-state index contributed by atoms with van der Waals surface area (Å²) >= 11 is 0. The van der Waals surface area contributed by atoms with E-state index in [-0.39, 0.29) is 12.5 Å². The maximum atomic E-state index is 12.6. The Balaban J connectivity index is 1.91. The predicted molar refractivity (Wildman–Crippen MR) is 92.8 cm³/mol. The van der Waals surface area contributed by atoms with E-state index in [1.807, 2.05) is 30.3 Å². The van der Waals surface area contributed by atoms with Crippen LogP contribution in [-0.2, 0) is 16.1 Å². The van der Waals surface area contributed by atoms with Crippen LogP contribution in [0.25, 0.3) is 0 Å². The molecule has 7 heteroatoms. The molecule has 3 amide bonds. The summed E-state index contributed by atoms with van der Waals surface area (Å²) < 4.78 is 0. The Hall–Kier alpha value is -2.57. The number of hydrogen-bond acceptors (Lipinski definition) is 3. The summed E-state index contributed by atoms with van der Waals surface area (Å²) in [5.74, 6) is -1.95. The van der Waals surface area contributed by atoms with Gasteiger partial charge in [0, 0.05) is 13.1 Å². The van der Waals surface area contributed by atoms with Gasteiger partial charge in [-0.1, -0.05) is 50.1 Å². The quantitative estimate of drug-likeness (QED) is 0.601. The lowest BCUT2D eigenvalue weighted by Crippen LogP contribution is -2.59. The Kier molecular flexibility index (Phi) is 6.38. The molecule has 1 saturated carbocycles. The molecular formula is C18H25N3O4. The number of carboxylic acid groups (broad SMARTS) is 1. The third-order valence-corrected chi connectivity index (χ3v) is 4.53. The number of amides is 3.